The Hall–Kier alpha value is -2.35. The quantitative estimate of drug-likeness (QED) is 0.0810. The van der Waals surface area contributed by atoms with Gasteiger partial charge in [0.05, 0.1) is 7.05 Å². The fraction of sp³-hybridized carbons (Fsp3) is 0.615. The van der Waals surface area contributed by atoms with Crippen LogP contribution in [0.2, 0.25) is 0 Å². The van der Waals surface area contributed by atoms with Crippen molar-refractivity contribution in [2.75, 3.05) is 0 Å². The maximum absolute atomic E-state index is 2.49. The van der Waals surface area contributed by atoms with E-state index in [0.29, 0.717) is 6.04 Å². The second-order valence-electron chi connectivity index (χ2n) is 12.9. The van der Waals surface area contributed by atoms with Crippen molar-refractivity contribution in [2.24, 2.45) is 7.05 Å². The molecule has 2 nitrogen and oxygen atoms in total. The third-order valence-corrected chi connectivity index (χ3v) is 9.31. The van der Waals surface area contributed by atoms with E-state index in [-0.39, 0.29) is 5.41 Å². The molecule has 0 spiro atoms. The van der Waals surface area contributed by atoms with Gasteiger partial charge in [-0.1, -0.05) is 177 Å². The van der Waals surface area contributed by atoms with E-state index in [1.165, 1.54) is 127 Å². The first-order valence-electron chi connectivity index (χ1n) is 17.3. The number of benzene rings is 2. The zero-order chi connectivity index (χ0) is 29.0. The molecular weight excluding hydrogens is 496 g/mol. The van der Waals surface area contributed by atoms with Gasteiger partial charge in [-0.3, -0.25) is 0 Å². The van der Waals surface area contributed by atoms with Gasteiger partial charge in [-0.05, 0) is 30.4 Å². The summed E-state index contributed by atoms with van der Waals surface area (Å²) in [7, 11) is 2.14. The summed E-state index contributed by atoms with van der Waals surface area (Å²) in [6.07, 6.45) is 33.2. The Morgan fingerprint density at radius 2 is 1.10 bits per heavy atom. The van der Waals surface area contributed by atoms with Crippen LogP contribution in [-0.2, 0) is 18.9 Å². The van der Waals surface area contributed by atoms with Gasteiger partial charge in [0.1, 0.15) is 18.4 Å². The van der Waals surface area contributed by atoms with E-state index in [4.69, 9.17) is 0 Å². The minimum absolute atomic E-state index is 0.0175. The highest BCUT2D eigenvalue weighted by molar-refractivity contribution is 5.30. The summed E-state index contributed by atoms with van der Waals surface area (Å²) in [5.41, 5.74) is 2.88. The van der Waals surface area contributed by atoms with Crippen molar-refractivity contribution < 1.29 is 4.57 Å². The van der Waals surface area contributed by atoms with Crippen LogP contribution in [0.25, 0.3) is 0 Å². The Labute approximate surface area is 253 Å². The molecule has 3 rings (SSSR count). The molecule has 2 aromatic carbocycles. The predicted octanol–water partition coefficient (Wildman–Crippen LogP) is 11.1. The van der Waals surface area contributed by atoms with Gasteiger partial charge in [-0.15, -0.1) is 0 Å². The van der Waals surface area contributed by atoms with Crippen LogP contribution in [0.15, 0.2) is 79.4 Å². The third-order valence-electron chi connectivity index (χ3n) is 9.31. The van der Waals surface area contributed by atoms with E-state index in [9.17, 15) is 0 Å². The van der Waals surface area contributed by atoms with Crippen LogP contribution in [0, 0.1) is 0 Å². The zero-order valence-corrected chi connectivity index (χ0v) is 26.9. The highest BCUT2D eigenvalue weighted by Gasteiger charge is 2.40. The molecule has 0 amide bonds. The molecule has 1 aromatic heterocycles. The molecule has 0 saturated heterocycles. The highest BCUT2D eigenvalue weighted by atomic mass is 15.1. The number of hydrogen-bond acceptors (Lipinski definition) is 0. The maximum Gasteiger partial charge on any atom is 0.243 e. The van der Waals surface area contributed by atoms with Gasteiger partial charge >= 0.3 is 0 Å². The molecule has 0 aliphatic carbocycles. The van der Waals surface area contributed by atoms with Crippen LogP contribution in [0.4, 0.5) is 0 Å². The average molecular weight is 558 g/mol. The number of unbranched alkanes of at least 4 members (excludes halogenated alkanes) is 16. The molecule has 226 valence electrons. The molecule has 0 radical (unpaired) electrons. The third kappa shape index (κ3) is 12.2. The molecule has 3 aromatic rings. The number of hydrogen-bond donors (Lipinski definition) is 0. The molecule has 1 heterocycles. The monoisotopic (exact) mass is 557 g/mol. The summed E-state index contributed by atoms with van der Waals surface area (Å²) < 4.78 is 4.68. The standard InChI is InChI=1S/C39H61N2/c1-4-5-6-7-8-9-10-11-12-13-14-15-16-17-18-19-26-31-38(41-33-32-40(3)35-41)39(2,37-29-24-21-25-30-37)34-36-27-22-20-23-28-36/h20-25,27-30,32-33,35,38H,4-19,26,31,34H2,1-3H3/q+1. The SMILES string of the molecule is CCCCCCCCCCCCCCCCCCCC(n1cc[n+](C)c1)C(C)(Cc1ccccc1)c1ccccc1. The number of rotatable bonds is 23. The van der Waals surface area contributed by atoms with Gasteiger partial charge in [0, 0.05) is 5.41 Å². The molecule has 0 N–H and O–H groups in total. The van der Waals surface area contributed by atoms with E-state index >= 15 is 0 Å². The molecule has 0 aliphatic heterocycles. The topological polar surface area (TPSA) is 8.81 Å². The van der Waals surface area contributed by atoms with E-state index in [0.717, 1.165) is 6.42 Å². The van der Waals surface area contributed by atoms with Gasteiger partial charge in [-0.2, -0.15) is 0 Å². The summed E-state index contributed by atoms with van der Waals surface area (Å²) >= 11 is 0. The fourth-order valence-electron chi connectivity index (χ4n) is 6.76. The second-order valence-corrected chi connectivity index (χ2v) is 12.9. The first-order chi connectivity index (χ1) is 20.1. The molecule has 0 saturated carbocycles. The lowest BCUT2D eigenvalue weighted by molar-refractivity contribution is -0.671. The first-order valence-corrected chi connectivity index (χ1v) is 17.3. The van der Waals surface area contributed by atoms with Crippen molar-refractivity contribution >= 4 is 0 Å². The number of aromatic nitrogens is 2. The summed E-state index contributed by atoms with van der Waals surface area (Å²) in [5.74, 6) is 0. The van der Waals surface area contributed by atoms with Gasteiger partial charge in [0.25, 0.3) is 0 Å². The zero-order valence-electron chi connectivity index (χ0n) is 26.9. The second kappa shape index (κ2) is 19.7. The van der Waals surface area contributed by atoms with Crippen molar-refractivity contribution in [2.45, 2.75) is 147 Å². The van der Waals surface area contributed by atoms with Gasteiger partial charge in [-0.25, -0.2) is 9.13 Å². The molecule has 41 heavy (non-hydrogen) atoms. The molecule has 2 heteroatoms. The normalized spacial score (nSPS) is 13.7. The van der Waals surface area contributed by atoms with Crippen LogP contribution >= 0.6 is 0 Å². The lowest BCUT2D eigenvalue weighted by atomic mass is 9.70. The Morgan fingerprint density at radius 1 is 0.634 bits per heavy atom. The highest BCUT2D eigenvalue weighted by Crippen LogP contribution is 2.41. The van der Waals surface area contributed by atoms with Gasteiger partial charge < -0.3 is 0 Å². The minimum Gasteiger partial charge on any atom is -0.240 e. The maximum atomic E-state index is 2.49. The molecule has 0 aliphatic rings. The van der Waals surface area contributed by atoms with Crippen molar-refractivity contribution in [3.05, 3.63) is 90.5 Å². The van der Waals surface area contributed by atoms with Crippen LogP contribution in [0.5, 0.6) is 0 Å². The van der Waals surface area contributed by atoms with Crippen LogP contribution in [-0.4, -0.2) is 4.57 Å². The minimum atomic E-state index is 0.0175. The molecule has 0 fully saturated rings. The van der Waals surface area contributed by atoms with E-state index < -0.39 is 0 Å². The van der Waals surface area contributed by atoms with Crippen molar-refractivity contribution in [3.63, 3.8) is 0 Å². The Bertz CT molecular complexity index is 1020. The van der Waals surface area contributed by atoms with Crippen molar-refractivity contribution in [1.29, 1.82) is 0 Å². The first kappa shape index (κ1) is 33.2. The number of aryl methyl sites for hydroxylation is 1. The lowest BCUT2D eigenvalue weighted by Gasteiger charge is -2.37. The van der Waals surface area contributed by atoms with E-state index in [1.807, 2.05) is 0 Å². The van der Waals surface area contributed by atoms with Gasteiger partial charge in [0.15, 0.2) is 0 Å². The Balaban J connectivity index is 1.40. The van der Waals surface area contributed by atoms with Gasteiger partial charge in [0.2, 0.25) is 6.33 Å². The smallest absolute Gasteiger partial charge is 0.240 e. The van der Waals surface area contributed by atoms with E-state index in [1.54, 1.807) is 0 Å². The summed E-state index contributed by atoms with van der Waals surface area (Å²) in [6.45, 7) is 4.80. The molecule has 2 unspecified atom stereocenters. The largest absolute Gasteiger partial charge is 0.243 e. The Kier molecular flexibility index (Phi) is 15.9. The summed E-state index contributed by atoms with van der Waals surface area (Å²) in [5, 5.41) is 0. The predicted molar refractivity (Wildman–Crippen MR) is 177 cm³/mol. The molecule has 2 atom stereocenters. The number of nitrogens with zero attached hydrogens (tertiary/aromatic N) is 2. The molecular formula is C39H61N2+. The fourth-order valence-corrected chi connectivity index (χ4v) is 6.76. The van der Waals surface area contributed by atoms with E-state index in [2.05, 4.69) is 109 Å². The average Bonchev–Trinajstić information content (AvgIpc) is 3.43. The van der Waals surface area contributed by atoms with Crippen molar-refractivity contribution in [1.82, 2.24) is 4.57 Å². The van der Waals surface area contributed by atoms with Crippen LogP contribution in [0.3, 0.4) is 0 Å². The molecule has 0 bridgehead atoms. The Morgan fingerprint density at radius 3 is 1.56 bits per heavy atom. The van der Waals surface area contributed by atoms with Crippen molar-refractivity contribution in [3.8, 4) is 0 Å². The number of imidazole rings is 1. The lowest BCUT2D eigenvalue weighted by Crippen LogP contribution is -2.37. The summed E-state index contributed by atoms with van der Waals surface area (Å²) in [4.78, 5) is 0. The van der Waals surface area contributed by atoms with Crippen LogP contribution < -0.4 is 4.57 Å². The summed E-state index contributed by atoms with van der Waals surface area (Å²) in [6, 6.07) is 22.8. The van der Waals surface area contributed by atoms with Crippen LogP contribution in [0.1, 0.15) is 147 Å².